The number of nitrogens with zero attached hydrogens (tertiary/aromatic N) is 1. The van der Waals surface area contributed by atoms with Gasteiger partial charge in [-0.25, -0.2) is 4.79 Å². The third kappa shape index (κ3) is 5.54. The first kappa shape index (κ1) is 32.1. The number of allylic oxidation sites excluding steroid dienone is 2. The molecule has 4 aliphatic rings. The number of benzene rings is 1. The van der Waals surface area contributed by atoms with E-state index >= 15 is 0 Å². The first-order valence-corrected chi connectivity index (χ1v) is 15.5. The van der Waals surface area contributed by atoms with Crippen LogP contribution >= 0.6 is 0 Å². The summed E-state index contributed by atoms with van der Waals surface area (Å²) in [4.78, 5) is 42.9. The number of rotatable bonds is 9. The molecule has 240 valence electrons. The molecule has 1 aromatic rings. The third-order valence-corrected chi connectivity index (χ3v) is 11.2. The summed E-state index contributed by atoms with van der Waals surface area (Å²) in [7, 11) is 1.25. The number of ketones is 1. The van der Waals surface area contributed by atoms with Crippen molar-refractivity contribution in [2.45, 2.75) is 83.0 Å². The normalized spacial score (nSPS) is 35.9. The van der Waals surface area contributed by atoms with E-state index in [1.165, 1.54) is 24.8 Å². The van der Waals surface area contributed by atoms with Crippen molar-refractivity contribution < 1.29 is 44.4 Å². The number of oxime groups is 1. The van der Waals surface area contributed by atoms with Crippen molar-refractivity contribution in [1.29, 1.82) is 0 Å². The maximum Gasteiger partial charge on any atom is 0.328 e. The molecule has 11 nitrogen and oxygen atoms in total. The van der Waals surface area contributed by atoms with Crippen LogP contribution in [0.5, 0.6) is 5.75 Å². The molecule has 0 saturated heterocycles. The van der Waals surface area contributed by atoms with Crippen LogP contribution in [-0.2, 0) is 30.4 Å². The van der Waals surface area contributed by atoms with E-state index in [1.54, 1.807) is 12.1 Å². The molecule has 1 aromatic carbocycles. The second-order valence-corrected chi connectivity index (χ2v) is 13.5. The quantitative estimate of drug-likeness (QED) is 0.207. The highest BCUT2D eigenvalue weighted by Gasteiger charge is 2.68. The van der Waals surface area contributed by atoms with Crippen LogP contribution in [0.4, 0.5) is 0 Å². The molecule has 3 saturated carbocycles. The molecule has 11 heteroatoms. The van der Waals surface area contributed by atoms with Crippen LogP contribution in [0, 0.1) is 28.6 Å². The Morgan fingerprint density at radius 1 is 1.11 bits per heavy atom. The summed E-state index contributed by atoms with van der Waals surface area (Å²) in [5, 5.41) is 48.9. The van der Waals surface area contributed by atoms with E-state index in [2.05, 4.69) is 17.4 Å². The monoisotopic (exact) mass is 612 g/mol. The summed E-state index contributed by atoms with van der Waals surface area (Å²) in [5.74, 6) is -1.38. The van der Waals surface area contributed by atoms with E-state index in [0.717, 1.165) is 24.8 Å². The minimum absolute atomic E-state index is 0.0239. The Hall–Kier alpha value is -3.28. The van der Waals surface area contributed by atoms with Gasteiger partial charge >= 0.3 is 5.97 Å². The number of carbonyl (C=O) groups excluding carboxylic acids is 3. The number of esters is 1. The lowest BCUT2D eigenvalue weighted by atomic mass is 9.45. The largest absolute Gasteiger partial charge is 0.508 e. The van der Waals surface area contributed by atoms with Crippen LogP contribution in [0.2, 0.25) is 0 Å². The molecule has 8 atom stereocenters. The maximum atomic E-state index is 12.6. The van der Waals surface area contributed by atoms with Crippen molar-refractivity contribution in [2.24, 2.45) is 33.7 Å². The van der Waals surface area contributed by atoms with E-state index in [9.17, 15) is 34.8 Å². The molecule has 0 aliphatic heterocycles. The summed E-state index contributed by atoms with van der Waals surface area (Å²) in [6.07, 6.45) is 5.75. The number of phenols is 1. The Bertz CT molecular complexity index is 1340. The molecule has 4 aliphatic carbocycles. The van der Waals surface area contributed by atoms with Gasteiger partial charge in [0.25, 0.3) is 5.91 Å². The molecule has 0 bridgehead atoms. The maximum absolute atomic E-state index is 12.6. The van der Waals surface area contributed by atoms with Gasteiger partial charge in [-0.05, 0) is 91.9 Å². The van der Waals surface area contributed by atoms with Crippen LogP contribution in [0.3, 0.4) is 0 Å². The Kier molecular flexibility index (Phi) is 8.94. The van der Waals surface area contributed by atoms with Crippen molar-refractivity contribution >= 4 is 23.4 Å². The van der Waals surface area contributed by atoms with E-state index in [0.29, 0.717) is 31.4 Å². The van der Waals surface area contributed by atoms with Gasteiger partial charge in [0, 0.05) is 11.8 Å². The fourth-order valence-electron chi connectivity index (χ4n) is 8.98. The minimum atomic E-state index is -1.62. The number of carbonyl (C=O) groups is 3. The summed E-state index contributed by atoms with van der Waals surface area (Å²) in [5.41, 5.74) is -0.0499. The van der Waals surface area contributed by atoms with Crippen LogP contribution < -0.4 is 5.32 Å². The Morgan fingerprint density at radius 2 is 1.84 bits per heavy atom. The molecule has 5 rings (SSSR count). The van der Waals surface area contributed by atoms with Crippen molar-refractivity contribution in [3.8, 4) is 5.75 Å². The van der Waals surface area contributed by atoms with Gasteiger partial charge in [0.1, 0.15) is 24.0 Å². The highest BCUT2D eigenvalue weighted by atomic mass is 16.6. The number of aliphatic hydroxyl groups excluding tert-OH is 2. The first-order chi connectivity index (χ1) is 20.9. The van der Waals surface area contributed by atoms with Gasteiger partial charge in [0.05, 0.1) is 18.9 Å². The fraction of sp³-hybridized carbons (Fsp3) is 0.636. The van der Waals surface area contributed by atoms with Crippen LogP contribution in [0.15, 0.2) is 41.1 Å². The summed E-state index contributed by atoms with van der Waals surface area (Å²) in [6.45, 7) is 3.01. The van der Waals surface area contributed by atoms with E-state index in [4.69, 9.17) is 9.57 Å². The van der Waals surface area contributed by atoms with Gasteiger partial charge in [-0.2, -0.15) is 0 Å². The topological polar surface area (TPSA) is 175 Å². The Balaban J connectivity index is 1.23. The zero-order valence-electron chi connectivity index (χ0n) is 25.6. The summed E-state index contributed by atoms with van der Waals surface area (Å²) >= 11 is 0. The van der Waals surface area contributed by atoms with Gasteiger partial charge in [-0.3, -0.25) is 9.59 Å². The lowest BCUT2D eigenvalue weighted by molar-refractivity contribution is -0.181. The van der Waals surface area contributed by atoms with Gasteiger partial charge in [-0.1, -0.05) is 36.7 Å². The number of methoxy groups -OCH3 is 1. The van der Waals surface area contributed by atoms with Gasteiger partial charge in [0.15, 0.2) is 12.4 Å². The molecule has 0 spiro atoms. The average molecular weight is 613 g/mol. The number of ether oxygens (including phenoxy) is 1. The standard InChI is InChI=1S/C33H44N2O9/c1-31-12-10-21(35-44-18-28(40)34-25(30(41)43-3)14-19-4-7-22(37)8-5-19)15-20(31)6-9-23-24-11-13-33(42,27(39)17-36)32(24,2)16-26(38)29(23)31/h4-5,7-8,15,23-26,29,36-38,42H,6,9-14,16-18H2,1-3H3,(H,34,40)/b35-21+/t23-,24-,25+,26-,29+,31-,32-,33-/m0/s1. The molecule has 0 unspecified atom stereocenters. The van der Waals surface area contributed by atoms with Crippen LogP contribution in [-0.4, -0.2) is 81.9 Å². The zero-order chi connectivity index (χ0) is 31.9. The number of fused-ring (bicyclic) bond motifs is 5. The zero-order valence-corrected chi connectivity index (χ0v) is 25.6. The molecule has 1 amide bonds. The molecular weight excluding hydrogens is 568 g/mol. The smallest absolute Gasteiger partial charge is 0.328 e. The van der Waals surface area contributed by atoms with E-state index in [-0.39, 0.29) is 41.9 Å². The number of hydrogen-bond acceptors (Lipinski definition) is 10. The second kappa shape index (κ2) is 12.3. The highest BCUT2D eigenvalue weighted by Crippen LogP contribution is 2.67. The fourth-order valence-corrected chi connectivity index (χ4v) is 8.98. The molecule has 0 aromatic heterocycles. The number of phenolic OH excluding ortho intramolecular Hbond substituents is 1. The van der Waals surface area contributed by atoms with E-state index in [1.807, 2.05) is 13.0 Å². The molecule has 0 radical (unpaired) electrons. The Labute approximate surface area is 257 Å². The lowest BCUT2D eigenvalue weighted by Gasteiger charge is -2.60. The van der Waals surface area contributed by atoms with Gasteiger partial charge in [0.2, 0.25) is 0 Å². The van der Waals surface area contributed by atoms with Crippen molar-refractivity contribution in [1.82, 2.24) is 5.32 Å². The lowest BCUT2D eigenvalue weighted by Crippen LogP contribution is -2.62. The highest BCUT2D eigenvalue weighted by molar-refractivity contribution is 5.96. The number of amides is 1. The molecule has 44 heavy (non-hydrogen) atoms. The third-order valence-electron chi connectivity index (χ3n) is 11.2. The summed E-state index contributed by atoms with van der Waals surface area (Å²) < 4.78 is 4.83. The average Bonchev–Trinajstić information content (AvgIpc) is 3.27. The molecule has 5 N–H and O–H groups in total. The van der Waals surface area contributed by atoms with Crippen LogP contribution in [0.1, 0.15) is 64.4 Å². The first-order valence-electron chi connectivity index (χ1n) is 15.5. The number of aliphatic hydroxyl groups is 3. The Morgan fingerprint density at radius 3 is 2.52 bits per heavy atom. The number of hydrogen-bond donors (Lipinski definition) is 5. The number of aromatic hydroxyl groups is 1. The molecule has 3 fully saturated rings. The summed E-state index contributed by atoms with van der Waals surface area (Å²) in [6, 6.07) is 5.40. The predicted molar refractivity (Wildman–Crippen MR) is 159 cm³/mol. The minimum Gasteiger partial charge on any atom is -0.508 e. The van der Waals surface area contributed by atoms with Gasteiger partial charge < -0.3 is 35.3 Å². The molecular formula is C33H44N2O9. The number of Topliss-reactive ketones (excluding diaryl/α,β-unsaturated/α-hetero) is 1. The van der Waals surface area contributed by atoms with Crippen molar-refractivity contribution in [3.63, 3.8) is 0 Å². The van der Waals surface area contributed by atoms with Crippen LogP contribution in [0.25, 0.3) is 0 Å². The number of nitrogens with one attached hydrogen (secondary N) is 1. The SMILES string of the molecule is COC(=O)[C@@H](Cc1ccc(O)cc1)NC(=O)CO/N=C1/C=C2CC[C@@H]3[C@H]([C@@H](O)C[C@@]4(C)[C@H]3CC[C@]4(O)C(=O)CO)[C@@]2(C)CC1. The molecule has 0 heterocycles. The van der Waals surface area contributed by atoms with Gasteiger partial charge in [-0.15, -0.1) is 0 Å². The van der Waals surface area contributed by atoms with Crippen molar-refractivity contribution in [2.75, 3.05) is 20.3 Å². The van der Waals surface area contributed by atoms with Crippen molar-refractivity contribution in [3.05, 3.63) is 41.5 Å². The predicted octanol–water partition coefficient (Wildman–Crippen LogP) is 2.19. The van der Waals surface area contributed by atoms with E-state index < -0.39 is 47.4 Å². The second-order valence-electron chi connectivity index (χ2n) is 13.5.